The molecule has 0 aliphatic carbocycles. The molecule has 3 aromatic rings. The number of carbonyl (C=O) groups excluding carboxylic acids is 3. The van der Waals surface area contributed by atoms with Gasteiger partial charge in [0.15, 0.2) is 0 Å². The number of hydrogen-bond acceptors (Lipinski definition) is 6. The van der Waals surface area contributed by atoms with Crippen molar-refractivity contribution in [1.82, 2.24) is 30.5 Å². The third-order valence-electron chi connectivity index (χ3n) is 6.31. The second kappa shape index (κ2) is 11.0. The Morgan fingerprint density at radius 2 is 2.00 bits per heavy atom. The molecular weight excluding hydrogens is 466 g/mol. The number of carboxylic acid groups (broad SMARTS) is 1. The van der Waals surface area contributed by atoms with Crippen molar-refractivity contribution in [2.24, 2.45) is 5.73 Å². The summed E-state index contributed by atoms with van der Waals surface area (Å²) in [5, 5.41) is 15.6. The van der Waals surface area contributed by atoms with Crippen molar-refractivity contribution in [3.05, 3.63) is 54.2 Å². The van der Waals surface area contributed by atoms with E-state index < -0.39 is 41.8 Å². The van der Waals surface area contributed by atoms with E-state index in [9.17, 15) is 24.3 Å². The Hall–Kier alpha value is -4.19. The van der Waals surface area contributed by atoms with Gasteiger partial charge in [-0.15, -0.1) is 0 Å². The summed E-state index contributed by atoms with van der Waals surface area (Å²) in [6.45, 7) is -0.0832. The number of aliphatic carboxylic acids is 1. The van der Waals surface area contributed by atoms with Gasteiger partial charge in [0.2, 0.25) is 17.7 Å². The Bertz CT molecular complexity index is 1240. The lowest BCUT2D eigenvalue weighted by Crippen LogP contribution is -2.54. The molecule has 12 nitrogen and oxygen atoms in total. The molecule has 3 amide bonds. The van der Waals surface area contributed by atoms with E-state index in [1.54, 1.807) is 6.20 Å². The minimum atomic E-state index is -1.08. The Labute approximate surface area is 206 Å². The lowest BCUT2D eigenvalue weighted by molar-refractivity contribution is -0.149. The molecule has 0 saturated carbocycles. The number of para-hydroxylation sites is 1. The molecular formula is C24H29N7O5. The van der Waals surface area contributed by atoms with Crippen molar-refractivity contribution in [1.29, 1.82) is 0 Å². The summed E-state index contributed by atoms with van der Waals surface area (Å²) >= 11 is 0. The van der Waals surface area contributed by atoms with Crippen LogP contribution in [-0.4, -0.2) is 79.9 Å². The number of carboxylic acids is 1. The van der Waals surface area contributed by atoms with Gasteiger partial charge in [-0.1, -0.05) is 18.2 Å². The lowest BCUT2D eigenvalue weighted by Gasteiger charge is -2.27. The molecule has 3 heterocycles. The maximum atomic E-state index is 13.2. The van der Waals surface area contributed by atoms with Gasteiger partial charge in [-0.2, -0.15) is 0 Å². The quantitative estimate of drug-likeness (QED) is 0.222. The van der Waals surface area contributed by atoms with Gasteiger partial charge in [-0.05, 0) is 30.9 Å². The van der Waals surface area contributed by atoms with Crippen molar-refractivity contribution in [2.75, 3.05) is 13.1 Å². The van der Waals surface area contributed by atoms with E-state index >= 15 is 0 Å². The largest absolute Gasteiger partial charge is 0.480 e. The lowest BCUT2D eigenvalue weighted by atomic mass is 10.1. The van der Waals surface area contributed by atoms with Crippen LogP contribution in [0.4, 0.5) is 0 Å². The predicted molar refractivity (Wildman–Crippen MR) is 130 cm³/mol. The Morgan fingerprint density at radius 1 is 1.19 bits per heavy atom. The van der Waals surface area contributed by atoms with Gasteiger partial charge < -0.3 is 36.3 Å². The highest BCUT2D eigenvalue weighted by Gasteiger charge is 2.37. The Kier molecular flexibility index (Phi) is 7.64. The van der Waals surface area contributed by atoms with Crippen LogP contribution in [0.2, 0.25) is 0 Å². The molecule has 1 aliphatic rings. The molecule has 0 radical (unpaired) electrons. The number of rotatable bonds is 10. The number of nitrogens with zero attached hydrogens (tertiary/aromatic N) is 2. The topological polar surface area (TPSA) is 186 Å². The zero-order chi connectivity index (χ0) is 25.7. The van der Waals surface area contributed by atoms with E-state index in [2.05, 4.69) is 25.6 Å². The van der Waals surface area contributed by atoms with Gasteiger partial charge in [0.25, 0.3) is 0 Å². The number of nitrogens with one attached hydrogen (secondary N) is 4. The summed E-state index contributed by atoms with van der Waals surface area (Å²) < 4.78 is 0. The van der Waals surface area contributed by atoms with E-state index in [1.807, 2.05) is 24.3 Å². The standard InChI is InChI=1S/C24H29N7O5/c25-17(8-14-10-27-18-5-2-1-4-16(14)18)22(33)28-12-21(32)30-19(9-15-11-26-13-29-15)23(34)31-7-3-6-20(31)24(35)36/h1-2,4-5,10-11,13,17,19-20,27H,3,6-9,12,25H2,(H,26,29)(H,28,33)(H,30,32)(H,35,36). The number of likely N-dealkylation sites (tertiary alicyclic amines) is 1. The Balaban J connectivity index is 1.35. The van der Waals surface area contributed by atoms with Crippen molar-refractivity contribution < 1.29 is 24.3 Å². The summed E-state index contributed by atoms with van der Waals surface area (Å²) in [6.07, 6.45) is 6.08. The number of aromatic nitrogens is 3. The van der Waals surface area contributed by atoms with Gasteiger partial charge in [-0.25, -0.2) is 9.78 Å². The van der Waals surface area contributed by atoms with Gasteiger partial charge in [0.1, 0.15) is 12.1 Å². The molecule has 1 saturated heterocycles. The normalized spacial score (nSPS) is 17.0. The first kappa shape index (κ1) is 24.9. The molecule has 0 bridgehead atoms. The van der Waals surface area contributed by atoms with E-state index in [-0.39, 0.29) is 19.4 Å². The van der Waals surface area contributed by atoms with Crippen molar-refractivity contribution in [2.45, 2.75) is 43.8 Å². The van der Waals surface area contributed by atoms with E-state index in [0.717, 1.165) is 16.5 Å². The molecule has 4 rings (SSSR count). The molecule has 1 fully saturated rings. The van der Waals surface area contributed by atoms with Crippen LogP contribution >= 0.6 is 0 Å². The molecule has 7 N–H and O–H groups in total. The van der Waals surface area contributed by atoms with Crippen LogP contribution in [0.5, 0.6) is 0 Å². The maximum Gasteiger partial charge on any atom is 0.326 e. The first-order valence-corrected chi connectivity index (χ1v) is 11.7. The summed E-state index contributed by atoms with van der Waals surface area (Å²) in [5.41, 5.74) is 8.50. The fraction of sp³-hybridized carbons (Fsp3) is 0.375. The average Bonchev–Trinajstić information content (AvgIpc) is 3.63. The highest BCUT2D eigenvalue weighted by molar-refractivity contribution is 5.93. The molecule has 36 heavy (non-hydrogen) atoms. The van der Waals surface area contributed by atoms with Crippen LogP contribution in [0, 0.1) is 0 Å². The molecule has 3 atom stereocenters. The first-order chi connectivity index (χ1) is 17.3. The summed E-state index contributed by atoms with van der Waals surface area (Å²) in [4.78, 5) is 61.1. The highest BCUT2D eigenvalue weighted by Crippen LogP contribution is 2.20. The molecule has 0 spiro atoms. The van der Waals surface area contributed by atoms with Crippen LogP contribution in [0.15, 0.2) is 43.0 Å². The monoisotopic (exact) mass is 495 g/mol. The van der Waals surface area contributed by atoms with E-state index in [1.165, 1.54) is 17.4 Å². The van der Waals surface area contributed by atoms with Crippen molar-refractivity contribution >= 4 is 34.6 Å². The number of amides is 3. The summed E-state index contributed by atoms with van der Waals surface area (Å²) in [7, 11) is 0. The second-order valence-electron chi connectivity index (χ2n) is 8.82. The number of carbonyl (C=O) groups is 4. The minimum Gasteiger partial charge on any atom is -0.480 e. The number of aromatic amines is 2. The van der Waals surface area contributed by atoms with Crippen LogP contribution in [-0.2, 0) is 32.0 Å². The van der Waals surface area contributed by atoms with Crippen LogP contribution in [0.25, 0.3) is 10.9 Å². The number of hydrogen-bond donors (Lipinski definition) is 6. The highest BCUT2D eigenvalue weighted by atomic mass is 16.4. The molecule has 190 valence electrons. The molecule has 2 aromatic heterocycles. The SMILES string of the molecule is NC(Cc1c[nH]c2ccccc12)C(=O)NCC(=O)NC(Cc1cnc[nH]1)C(=O)N1CCCC1C(=O)O. The number of nitrogens with two attached hydrogens (primary N) is 1. The van der Waals surface area contributed by atoms with E-state index in [0.29, 0.717) is 25.1 Å². The van der Waals surface area contributed by atoms with Gasteiger partial charge >= 0.3 is 5.97 Å². The molecule has 1 aliphatic heterocycles. The number of H-pyrrole nitrogens is 2. The van der Waals surface area contributed by atoms with Crippen LogP contribution in [0.3, 0.4) is 0 Å². The smallest absolute Gasteiger partial charge is 0.326 e. The zero-order valence-electron chi connectivity index (χ0n) is 19.6. The molecule has 3 unspecified atom stereocenters. The number of benzene rings is 1. The van der Waals surface area contributed by atoms with Crippen molar-refractivity contribution in [3.8, 4) is 0 Å². The van der Waals surface area contributed by atoms with E-state index in [4.69, 9.17) is 5.73 Å². The maximum absolute atomic E-state index is 13.2. The van der Waals surface area contributed by atoms with Crippen LogP contribution in [0.1, 0.15) is 24.1 Å². The summed E-state index contributed by atoms with van der Waals surface area (Å²) in [6, 6.07) is 4.85. The van der Waals surface area contributed by atoms with Gasteiger partial charge in [0, 0.05) is 42.0 Å². The average molecular weight is 496 g/mol. The number of fused-ring (bicyclic) bond motifs is 1. The third kappa shape index (κ3) is 5.71. The van der Waals surface area contributed by atoms with Gasteiger partial charge in [-0.3, -0.25) is 14.4 Å². The fourth-order valence-corrected chi connectivity index (χ4v) is 4.48. The molecule has 1 aromatic carbocycles. The zero-order valence-corrected chi connectivity index (χ0v) is 19.6. The third-order valence-corrected chi connectivity index (χ3v) is 6.31. The van der Waals surface area contributed by atoms with Gasteiger partial charge in [0.05, 0.1) is 18.9 Å². The first-order valence-electron chi connectivity index (χ1n) is 11.7. The summed E-state index contributed by atoms with van der Waals surface area (Å²) in [5.74, 6) is -2.67. The Morgan fingerprint density at radius 3 is 2.75 bits per heavy atom. The van der Waals surface area contributed by atoms with Crippen LogP contribution < -0.4 is 16.4 Å². The second-order valence-corrected chi connectivity index (χ2v) is 8.82. The number of imidazole rings is 1. The fourth-order valence-electron chi connectivity index (χ4n) is 4.48. The molecule has 12 heteroatoms. The minimum absolute atomic E-state index is 0.0986. The predicted octanol–water partition coefficient (Wildman–Crippen LogP) is -0.320. The van der Waals surface area contributed by atoms with Crippen molar-refractivity contribution in [3.63, 3.8) is 0 Å².